The number of carbonyl (C=O) groups excluding carboxylic acids is 1. The van der Waals surface area contributed by atoms with Crippen molar-refractivity contribution in [3.63, 3.8) is 0 Å². The summed E-state index contributed by atoms with van der Waals surface area (Å²) < 4.78 is 29.1. The molecule has 1 aromatic carbocycles. The van der Waals surface area contributed by atoms with Gasteiger partial charge in [0.1, 0.15) is 5.75 Å². The molecule has 0 radical (unpaired) electrons. The van der Waals surface area contributed by atoms with Crippen molar-refractivity contribution < 1.29 is 17.4 Å². The van der Waals surface area contributed by atoms with E-state index in [-0.39, 0.29) is 11.7 Å². The van der Waals surface area contributed by atoms with E-state index < -0.39 is 15.4 Å². The van der Waals surface area contributed by atoms with Gasteiger partial charge in [-0.25, -0.2) is 0 Å². The first kappa shape index (κ1) is 20.5. The van der Waals surface area contributed by atoms with Crippen LogP contribution in [0.1, 0.15) is 42.9 Å². The summed E-state index contributed by atoms with van der Waals surface area (Å²) in [4.78, 5) is 15.2. The predicted molar refractivity (Wildman–Crippen MR) is 105 cm³/mol. The number of thiophene rings is 1. The van der Waals surface area contributed by atoms with Crippen LogP contribution in [0.25, 0.3) is 0 Å². The van der Waals surface area contributed by atoms with E-state index in [2.05, 4.69) is 13.8 Å². The van der Waals surface area contributed by atoms with E-state index in [0.29, 0.717) is 23.9 Å². The molecule has 0 unspecified atom stereocenters. The monoisotopic (exact) mass is 395 g/mol. The lowest BCUT2D eigenvalue weighted by molar-refractivity contribution is 0.0727. The van der Waals surface area contributed by atoms with Crippen LogP contribution in [-0.4, -0.2) is 31.0 Å². The lowest BCUT2D eigenvalue weighted by Crippen LogP contribution is -2.33. The van der Waals surface area contributed by atoms with E-state index >= 15 is 0 Å². The molecule has 0 saturated carbocycles. The largest absolute Gasteiger partial charge is 0.382 e. The number of carbonyl (C=O) groups is 1. The molecule has 0 atom stereocenters. The third-order valence-corrected chi connectivity index (χ3v) is 6.10. The van der Waals surface area contributed by atoms with Gasteiger partial charge in [-0.2, -0.15) is 8.42 Å². The van der Waals surface area contributed by atoms with Crippen molar-refractivity contribution in [2.45, 2.75) is 39.5 Å². The van der Waals surface area contributed by atoms with Crippen LogP contribution in [0.5, 0.6) is 5.75 Å². The highest BCUT2D eigenvalue weighted by Gasteiger charge is 2.20. The summed E-state index contributed by atoms with van der Waals surface area (Å²) in [6, 6.07) is 10.6. The van der Waals surface area contributed by atoms with Crippen LogP contribution < -0.4 is 4.18 Å². The van der Waals surface area contributed by atoms with Crippen molar-refractivity contribution in [1.29, 1.82) is 0 Å². The number of hydrogen-bond donors (Lipinski definition) is 0. The molecule has 26 heavy (non-hydrogen) atoms. The van der Waals surface area contributed by atoms with Crippen LogP contribution in [-0.2, 0) is 16.7 Å². The first-order valence-corrected chi connectivity index (χ1v) is 10.9. The number of nitrogens with zero attached hydrogens (tertiary/aromatic N) is 1. The molecule has 1 heterocycles. The maximum atomic E-state index is 12.8. The first-order valence-electron chi connectivity index (χ1n) is 8.54. The summed E-state index contributed by atoms with van der Waals surface area (Å²) >= 11 is 1.42. The summed E-state index contributed by atoms with van der Waals surface area (Å²) in [5.74, 6) is 0.568. The Morgan fingerprint density at radius 3 is 2.46 bits per heavy atom. The smallest absolute Gasteiger partial charge is 0.311 e. The van der Waals surface area contributed by atoms with Crippen molar-refractivity contribution in [3.05, 3.63) is 52.2 Å². The minimum Gasteiger partial charge on any atom is -0.382 e. The Kier molecular flexibility index (Phi) is 6.83. The van der Waals surface area contributed by atoms with Crippen molar-refractivity contribution in [2.24, 2.45) is 5.92 Å². The van der Waals surface area contributed by atoms with Gasteiger partial charge in [0.2, 0.25) is 0 Å². The van der Waals surface area contributed by atoms with Gasteiger partial charge in [-0.15, -0.1) is 11.3 Å². The molecule has 0 spiro atoms. The topological polar surface area (TPSA) is 63.7 Å². The zero-order valence-corrected chi connectivity index (χ0v) is 17.1. The Labute approximate surface area is 159 Å². The van der Waals surface area contributed by atoms with Gasteiger partial charge < -0.3 is 9.08 Å². The summed E-state index contributed by atoms with van der Waals surface area (Å²) in [6.07, 6.45) is 0. The molecular formula is C19H25NO4S2. The number of hydrogen-bond acceptors (Lipinski definition) is 5. The van der Waals surface area contributed by atoms with Gasteiger partial charge in [-0.05, 0) is 48.9 Å². The molecule has 2 rings (SSSR count). The second-order valence-corrected chi connectivity index (χ2v) is 9.87. The molecule has 0 N–H and O–H groups in total. The van der Waals surface area contributed by atoms with Crippen LogP contribution in [0.4, 0.5) is 0 Å². The zero-order chi connectivity index (χ0) is 19.3. The molecule has 2 aromatic rings. The van der Waals surface area contributed by atoms with Crippen molar-refractivity contribution in [1.82, 2.24) is 4.90 Å². The van der Waals surface area contributed by atoms with Gasteiger partial charge in [0.05, 0.1) is 10.1 Å². The summed E-state index contributed by atoms with van der Waals surface area (Å²) in [5, 5.41) is 1.26. The Morgan fingerprint density at radius 1 is 1.15 bits per heavy atom. The average molecular weight is 396 g/mol. The fourth-order valence-corrected chi connectivity index (χ4v) is 3.62. The molecule has 0 aliphatic rings. The Hall–Kier alpha value is -1.86. The predicted octanol–water partition coefficient (Wildman–Crippen LogP) is 4.16. The molecule has 142 valence electrons. The molecule has 5 nitrogen and oxygen atoms in total. The van der Waals surface area contributed by atoms with Crippen LogP contribution in [0.2, 0.25) is 0 Å². The summed E-state index contributed by atoms with van der Waals surface area (Å²) in [7, 11) is -3.65. The van der Waals surface area contributed by atoms with Crippen LogP contribution in [0.15, 0.2) is 41.8 Å². The molecule has 0 saturated heterocycles. The van der Waals surface area contributed by atoms with Crippen LogP contribution in [0.3, 0.4) is 0 Å². The van der Waals surface area contributed by atoms with Gasteiger partial charge in [-0.1, -0.05) is 32.0 Å². The van der Waals surface area contributed by atoms with E-state index in [1.54, 1.807) is 36.9 Å². The van der Waals surface area contributed by atoms with E-state index in [9.17, 15) is 13.2 Å². The highest BCUT2D eigenvalue weighted by Crippen LogP contribution is 2.21. The van der Waals surface area contributed by atoms with Crippen molar-refractivity contribution in [2.75, 3.05) is 6.54 Å². The third-order valence-electron chi connectivity index (χ3n) is 3.67. The molecule has 7 heteroatoms. The summed E-state index contributed by atoms with van der Waals surface area (Å²) in [6.45, 7) is 8.28. The molecule has 0 fully saturated rings. The fourth-order valence-electron chi connectivity index (χ4n) is 2.36. The molecule has 1 aromatic heterocycles. The highest BCUT2D eigenvalue weighted by molar-refractivity contribution is 7.87. The maximum absolute atomic E-state index is 12.8. The van der Waals surface area contributed by atoms with Gasteiger partial charge in [0.15, 0.2) is 0 Å². The third kappa shape index (κ3) is 5.57. The van der Waals surface area contributed by atoms with Crippen LogP contribution in [0, 0.1) is 5.92 Å². The quantitative estimate of drug-likeness (QED) is 0.630. The Bertz CT molecular complexity index is 827. The van der Waals surface area contributed by atoms with E-state index in [1.807, 2.05) is 23.6 Å². The first-order chi connectivity index (χ1) is 12.2. The second kappa shape index (κ2) is 8.68. The zero-order valence-electron chi connectivity index (χ0n) is 15.5. The molecule has 0 bridgehead atoms. The average Bonchev–Trinajstić information content (AvgIpc) is 3.07. The second-order valence-electron chi connectivity index (χ2n) is 6.83. The maximum Gasteiger partial charge on any atom is 0.311 e. The lowest BCUT2D eigenvalue weighted by Gasteiger charge is -2.24. The molecule has 0 aliphatic carbocycles. The minimum atomic E-state index is -3.65. The van der Waals surface area contributed by atoms with E-state index in [1.165, 1.54) is 11.3 Å². The van der Waals surface area contributed by atoms with E-state index in [0.717, 1.165) is 5.56 Å². The lowest BCUT2D eigenvalue weighted by atomic mass is 10.1. The molecular weight excluding hydrogens is 370 g/mol. The normalized spacial score (nSPS) is 11.8. The number of amides is 1. The van der Waals surface area contributed by atoms with Gasteiger partial charge in [-0.3, -0.25) is 4.79 Å². The van der Waals surface area contributed by atoms with Gasteiger partial charge in [0.25, 0.3) is 5.91 Å². The Balaban J connectivity index is 2.20. The summed E-state index contributed by atoms with van der Waals surface area (Å²) in [5.41, 5.74) is 0.826. The van der Waals surface area contributed by atoms with Gasteiger partial charge in [0, 0.05) is 13.1 Å². The highest BCUT2D eigenvalue weighted by atomic mass is 32.2. The minimum absolute atomic E-state index is 0.0187. The number of rotatable bonds is 8. The Morgan fingerprint density at radius 2 is 1.88 bits per heavy atom. The number of benzene rings is 1. The fraction of sp³-hybridized carbons (Fsp3) is 0.421. The van der Waals surface area contributed by atoms with Crippen molar-refractivity contribution >= 4 is 27.4 Å². The van der Waals surface area contributed by atoms with Crippen LogP contribution >= 0.6 is 11.3 Å². The SMILES string of the molecule is CC(C)CN(Cc1cccc(OS(=O)(=O)C(C)C)c1)C(=O)c1cccs1. The molecule has 1 amide bonds. The standard InChI is InChI=1S/C19H25NO4S2/c1-14(2)12-20(19(21)18-9-6-10-25-18)13-16-7-5-8-17(11-16)24-26(22,23)15(3)4/h5-11,14-15H,12-13H2,1-4H3. The molecule has 0 aliphatic heterocycles. The van der Waals surface area contributed by atoms with Gasteiger partial charge >= 0.3 is 10.1 Å². The van der Waals surface area contributed by atoms with Crippen molar-refractivity contribution in [3.8, 4) is 5.75 Å². The van der Waals surface area contributed by atoms with E-state index in [4.69, 9.17) is 4.18 Å².